The van der Waals surface area contributed by atoms with E-state index in [1.807, 2.05) is 0 Å². The zero-order valence-electron chi connectivity index (χ0n) is 10.8. The number of alkyl halides is 3. The maximum atomic E-state index is 12.4. The minimum absolute atomic E-state index is 0.00815. The highest BCUT2D eigenvalue weighted by Crippen LogP contribution is 2.31. The predicted octanol–water partition coefficient (Wildman–Crippen LogP) is 2.28. The predicted molar refractivity (Wildman–Crippen MR) is 67.0 cm³/mol. The van der Waals surface area contributed by atoms with Gasteiger partial charge in [-0.15, -0.1) is 0 Å². The Labute approximate surface area is 114 Å². The van der Waals surface area contributed by atoms with E-state index in [9.17, 15) is 23.1 Å². The lowest BCUT2D eigenvalue weighted by atomic mass is 9.80. The molecule has 110 valence electrons. The topological polar surface area (TPSA) is 49.3 Å². The van der Waals surface area contributed by atoms with Crippen LogP contribution in [0.4, 0.5) is 13.2 Å². The lowest BCUT2D eigenvalue weighted by Crippen LogP contribution is -2.48. The summed E-state index contributed by atoms with van der Waals surface area (Å²) in [5.74, 6) is -0.301. The molecule has 1 saturated carbocycles. The maximum Gasteiger partial charge on any atom is 0.416 e. The van der Waals surface area contributed by atoms with E-state index in [0.29, 0.717) is 18.4 Å². The Morgan fingerprint density at radius 3 is 2.30 bits per heavy atom. The fraction of sp³-hybridized carbons (Fsp3) is 0.500. The van der Waals surface area contributed by atoms with E-state index in [1.54, 1.807) is 0 Å². The average Bonchev–Trinajstić information content (AvgIpc) is 2.33. The molecule has 6 heteroatoms. The molecule has 0 spiro atoms. The van der Waals surface area contributed by atoms with Gasteiger partial charge in [-0.2, -0.15) is 13.2 Å². The second-order valence-electron chi connectivity index (χ2n) is 5.23. The summed E-state index contributed by atoms with van der Waals surface area (Å²) >= 11 is 0. The van der Waals surface area contributed by atoms with Crippen LogP contribution in [0.3, 0.4) is 0 Å². The first-order chi connectivity index (χ1) is 9.28. The Morgan fingerprint density at radius 1 is 1.25 bits per heavy atom. The molecule has 3 nitrogen and oxygen atoms in total. The van der Waals surface area contributed by atoms with Crippen LogP contribution >= 0.6 is 0 Å². The molecule has 0 atom stereocenters. The standard InChI is InChI=1S/C14H16F3NO2/c15-14(16,17)11-4-2-10(3-5-11)8-12(19)18-9-13(20)6-1-7-13/h2-5,20H,1,6-9H2,(H,18,19). The fourth-order valence-electron chi connectivity index (χ4n) is 2.08. The molecule has 0 radical (unpaired) electrons. The number of amides is 1. The summed E-state index contributed by atoms with van der Waals surface area (Å²) in [6.07, 6.45) is -2.06. The van der Waals surface area contributed by atoms with Gasteiger partial charge in [-0.3, -0.25) is 4.79 Å². The molecular formula is C14H16F3NO2. The van der Waals surface area contributed by atoms with Crippen molar-refractivity contribution in [3.05, 3.63) is 35.4 Å². The monoisotopic (exact) mass is 287 g/mol. The molecule has 0 unspecified atom stereocenters. The first-order valence-corrected chi connectivity index (χ1v) is 6.44. The third-order valence-electron chi connectivity index (χ3n) is 3.54. The number of carbonyl (C=O) groups excluding carboxylic acids is 1. The SMILES string of the molecule is O=C(Cc1ccc(C(F)(F)F)cc1)NCC1(O)CCC1. The number of hydrogen-bond acceptors (Lipinski definition) is 2. The second kappa shape index (κ2) is 5.44. The molecule has 1 aliphatic rings. The summed E-state index contributed by atoms with van der Waals surface area (Å²) in [4.78, 5) is 11.6. The van der Waals surface area contributed by atoms with E-state index < -0.39 is 17.3 Å². The first kappa shape index (κ1) is 14.8. The largest absolute Gasteiger partial charge is 0.416 e. The summed E-state index contributed by atoms with van der Waals surface area (Å²) in [5.41, 5.74) is -1.02. The van der Waals surface area contributed by atoms with Crippen LogP contribution in [-0.2, 0) is 17.4 Å². The van der Waals surface area contributed by atoms with Crippen LogP contribution < -0.4 is 5.32 Å². The molecule has 1 fully saturated rings. The summed E-state index contributed by atoms with van der Waals surface area (Å²) in [6, 6.07) is 4.51. The molecule has 0 saturated heterocycles. The van der Waals surface area contributed by atoms with Gasteiger partial charge in [0.15, 0.2) is 0 Å². The van der Waals surface area contributed by atoms with E-state index >= 15 is 0 Å². The van der Waals surface area contributed by atoms with Gasteiger partial charge >= 0.3 is 6.18 Å². The highest BCUT2D eigenvalue weighted by atomic mass is 19.4. The maximum absolute atomic E-state index is 12.4. The van der Waals surface area contributed by atoms with Crippen LogP contribution in [0.2, 0.25) is 0 Å². The van der Waals surface area contributed by atoms with Gasteiger partial charge < -0.3 is 10.4 Å². The number of carbonyl (C=O) groups is 1. The van der Waals surface area contributed by atoms with Crippen LogP contribution in [0.5, 0.6) is 0 Å². The molecule has 1 aromatic carbocycles. The number of rotatable bonds is 4. The number of halogens is 3. The quantitative estimate of drug-likeness (QED) is 0.892. The zero-order chi connectivity index (χ0) is 14.8. The van der Waals surface area contributed by atoms with E-state index in [4.69, 9.17) is 0 Å². The third kappa shape index (κ3) is 3.72. The van der Waals surface area contributed by atoms with Crippen molar-refractivity contribution in [3.8, 4) is 0 Å². The molecule has 2 rings (SSSR count). The van der Waals surface area contributed by atoms with Crippen molar-refractivity contribution in [1.29, 1.82) is 0 Å². The highest BCUT2D eigenvalue weighted by molar-refractivity contribution is 5.78. The van der Waals surface area contributed by atoms with Crippen molar-refractivity contribution >= 4 is 5.91 Å². The van der Waals surface area contributed by atoms with E-state index in [-0.39, 0.29) is 18.9 Å². The summed E-state index contributed by atoms with van der Waals surface area (Å²) < 4.78 is 37.1. The highest BCUT2D eigenvalue weighted by Gasteiger charge is 2.34. The van der Waals surface area contributed by atoms with Gasteiger partial charge in [0.05, 0.1) is 17.6 Å². The van der Waals surface area contributed by atoms with Gasteiger partial charge in [0.25, 0.3) is 0 Å². The number of aliphatic hydroxyl groups is 1. The lowest BCUT2D eigenvalue weighted by molar-refractivity contribution is -0.137. The minimum Gasteiger partial charge on any atom is -0.388 e. The van der Waals surface area contributed by atoms with Crippen molar-refractivity contribution < 1.29 is 23.1 Å². The molecule has 0 aromatic heterocycles. The van der Waals surface area contributed by atoms with Crippen molar-refractivity contribution in [1.82, 2.24) is 5.32 Å². The van der Waals surface area contributed by atoms with Crippen LogP contribution in [-0.4, -0.2) is 23.2 Å². The Balaban J connectivity index is 1.85. The van der Waals surface area contributed by atoms with Gasteiger partial charge in [-0.25, -0.2) is 0 Å². The molecule has 1 amide bonds. The van der Waals surface area contributed by atoms with Gasteiger partial charge in [-0.1, -0.05) is 12.1 Å². The molecule has 20 heavy (non-hydrogen) atoms. The number of hydrogen-bond donors (Lipinski definition) is 2. The number of nitrogens with one attached hydrogen (secondary N) is 1. The van der Waals surface area contributed by atoms with Crippen molar-refractivity contribution in [2.45, 2.75) is 37.5 Å². The van der Waals surface area contributed by atoms with Gasteiger partial charge in [-0.05, 0) is 37.0 Å². The van der Waals surface area contributed by atoms with E-state index in [2.05, 4.69) is 5.32 Å². The minimum atomic E-state index is -4.37. The molecule has 1 aromatic rings. The van der Waals surface area contributed by atoms with Crippen LogP contribution in [0.15, 0.2) is 24.3 Å². The summed E-state index contributed by atoms with van der Waals surface area (Å²) in [5, 5.41) is 12.4. The van der Waals surface area contributed by atoms with E-state index in [0.717, 1.165) is 18.6 Å². The van der Waals surface area contributed by atoms with Crippen LogP contribution in [0, 0.1) is 0 Å². The Bertz CT molecular complexity index is 478. The second-order valence-corrected chi connectivity index (χ2v) is 5.23. The Hall–Kier alpha value is -1.56. The molecule has 1 aliphatic carbocycles. The molecule has 0 aliphatic heterocycles. The van der Waals surface area contributed by atoms with Gasteiger partial charge in [0, 0.05) is 6.54 Å². The smallest absolute Gasteiger partial charge is 0.388 e. The first-order valence-electron chi connectivity index (χ1n) is 6.44. The zero-order valence-corrected chi connectivity index (χ0v) is 10.8. The van der Waals surface area contributed by atoms with Crippen LogP contribution in [0.1, 0.15) is 30.4 Å². The molecule has 0 bridgehead atoms. The van der Waals surface area contributed by atoms with Crippen LogP contribution in [0.25, 0.3) is 0 Å². The van der Waals surface area contributed by atoms with Crippen molar-refractivity contribution in [2.75, 3.05) is 6.54 Å². The molecule has 0 heterocycles. The molecule has 2 N–H and O–H groups in total. The summed E-state index contributed by atoms with van der Waals surface area (Å²) in [7, 11) is 0. The van der Waals surface area contributed by atoms with E-state index in [1.165, 1.54) is 12.1 Å². The van der Waals surface area contributed by atoms with Crippen molar-refractivity contribution in [3.63, 3.8) is 0 Å². The Kier molecular flexibility index (Phi) is 4.04. The number of benzene rings is 1. The lowest BCUT2D eigenvalue weighted by Gasteiger charge is -2.36. The molecular weight excluding hydrogens is 271 g/mol. The van der Waals surface area contributed by atoms with Gasteiger partial charge in [0.1, 0.15) is 0 Å². The summed E-state index contributed by atoms with van der Waals surface area (Å²) in [6.45, 7) is 0.201. The Morgan fingerprint density at radius 2 is 1.85 bits per heavy atom. The fourth-order valence-corrected chi connectivity index (χ4v) is 2.08. The average molecular weight is 287 g/mol. The van der Waals surface area contributed by atoms with Gasteiger partial charge in [0.2, 0.25) is 5.91 Å². The normalized spacial score (nSPS) is 17.4. The third-order valence-corrected chi connectivity index (χ3v) is 3.54. The van der Waals surface area contributed by atoms with Crippen molar-refractivity contribution in [2.24, 2.45) is 0 Å².